The summed E-state index contributed by atoms with van der Waals surface area (Å²) in [5.41, 5.74) is 0. The van der Waals surface area contributed by atoms with Crippen LogP contribution in [0.5, 0.6) is 0 Å². The molecule has 0 spiro atoms. The van der Waals surface area contributed by atoms with Gasteiger partial charge in [-0.3, -0.25) is 4.79 Å². The highest BCUT2D eigenvalue weighted by molar-refractivity contribution is 7.91. The van der Waals surface area contributed by atoms with E-state index in [1.165, 1.54) is 0 Å². The van der Waals surface area contributed by atoms with E-state index in [-0.39, 0.29) is 28.6 Å². The Morgan fingerprint density at radius 1 is 1.29 bits per heavy atom. The second-order valence-corrected chi connectivity index (χ2v) is 10.7. The van der Waals surface area contributed by atoms with Crippen LogP contribution in [0, 0.1) is 0 Å². The molecule has 0 aliphatic carbocycles. The molecule has 1 saturated heterocycles. The van der Waals surface area contributed by atoms with Crippen molar-refractivity contribution < 1.29 is 13.2 Å². The van der Waals surface area contributed by atoms with Crippen molar-refractivity contribution in [1.82, 2.24) is 16.0 Å². The molecule has 0 bridgehead atoms. The van der Waals surface area contributed by atoms with E-state index in [2.05, 4.69) is 16.0 Å². The largest absolute Gasteiger partial charge is 0.359 e. The molecule has 0 aromatic rings. The van der Waals surface area contributed by atoms with Gasteiger partial charge in [-0.1, -0.05) is 54.6 Å². The van der Waals surface area contributed by atoms with E-state index in [1.54, 1.807) is 0 Å². The molecule has 1 rings (SSSR count). The molecule has 0 unspecified atom stereocenters. The first-order chi connectivity index (χ1) is 11.0. The monoisotopic (exact) mass is 437 g/mol. The van der Waals surface area contributed by atoms with Crippen LogP contribution in [0.15, 0.2) is 0 Å². The molecule has 1 aliphatic rings. The van der Waals surface area contributed by atoms with E-state index in [4.69, 9.17) is 47.0 Å². The van der Waals surface area contributed by atoms with Gasteiger partial charge in [-0.25, -0.2) is 8.42 Å². The Bertz CT molecular complexity index is 552. The second-order valence-electron chi connectivity index (χ2n) is 5.72. The molecule has 1 amide bonds. The predicted molar refractivity (Wildman–Crippen MR) is 102 cm³/mol. The van der Waals surface area contributed by atoms with Crippen LogP contribution < -0.4 is 16.0 Å². The molecule has 3 N–H and O–H groups in total. The van der Waals surface area contributed by atoms with Gasteiger partial charge in [-0.05, 0) is 25.1 Å². The number of sulfone groups is 1. The Hall–Kier alpha value is -0.0200. The fourth-order valence-corrected chi connectivity index (χ4v) is 4.52. The summed E-state index contributed by atoms with van der Waals surface area (Å²) < 4.78 is 21.1. The summed E-state index contributed by atoms with van der Waals surface area (Å²) >= 11 is 22.8. The van der Waals surface area contributed by atoms with Crippen molar-refractivity contribution in [2.45, 2.75) is 55.0 Å². The van der Waals surface area contributed by atoms with E-state index in [0.717, 1.165) is 19.3 Å². The highest BCUT2D eigenvalue weighted by Gasteiger charge is 2.35. The van der Waals surface area contributed by atoms with Gasteiger partial charge in [0, 0.05) is 12.5 Å². The van der Waals surface area contributed by atoms with E-state index >= 15 is 0 Å². The summed E-state index contributed by atoms with van der Waals surface area (Å²) in [4.78, 5) is 11.9. The molecule has 11 heteroatoms. The van der Waals surface area contributed by atoms with Crippen LogP contribution in [0.4, 0.5) is 0 Å². The molecule has 2 atom stereocenters. The molecule has 0 saturated carbocycles. The molecular formula is C13H22Cl3N3O3S2. The Kier molecular flexibility index (Phi) is 8.82. The molecule has 1 heterocycles. The Balaban J connectivity index is 2.53. The average molecular weight is 439 g/mol. The second kappa shape index (κ2) is 9.62. The molecule has 24 heavy (non-hydrogen) atoms. The summed E-state index contributed by atoms with van der Waals surface area (Å²) in [6, 6.07) is -0.286. The molecule has 0 radical (unpaired) electrons. The van der Waals surface area contributed by atoms with Crippen molar-refractivity contribution in [3.63, 3.8) is 0 Å². The standard InChI is InChI=1S/C13H22Cl3N3O3S2/c1-2-3-4-5-10(20)18-11(13(14,15)16)19-12(23)17-9-6-7-24(21,22)8-9/h9,11H,2-8H2,1H3,(H,18,20)(H2,17,19,23)/t9-,11-/m1/s1. The molecule has 1 fully saturated rings. The summed E-state index contributed by atoms with van der Waals surface area (Å²) in [5, 5.41) is 8.33. The van der Waals surface area contributed by atoms with Crippen LogP contribution in [-0.2, 0) is 14.6 Å². The van der Waals surface area contributed by atoms with Gasteiger partial charge in [0.25, 0.3) is 0 Å². The lowest BCUT2D eigenvalue weighted by Crippen LogP contribution is -2.58. The van der Waals surface area contributed by atoms with Crippen molar-refractivity contribution in [2.75, 3.05) is 11.5 Å². The van der Waals surface area contributed by atoms with Gasteiger partial charge in [0.05, 0.1) is 11.5 Å². The molecule has 140 valence electrons. The Labute approximate surface area is 163 Å². The summed E-state index contributed by atoms with van der Waals surface area (Å²) in [5.74, 6) is -0.120. The maximum Gasteiger partial charge on any atom is 0.228 e. The molecular weight excluding hydrogens is 417 g/mol. The van der Waals surface area contributed by atoms with Gasteiger partial charge in [0.2, 0.25) is 9.70 Å². The van der Waals surface area contributed by atoms with Crippen LogP contribution >= 0.6 is 47.0 Å². The van der Waals surface area contributed by atoms with Gasteiger partial charge >= 0.3 is 0 Å². The summed E-state index contributed by atoms with van der Waals surface area (Å²) in [7, 11) is -3.03. The molecule has 6 nitrogen and oxygen atoms in total. The smallest absolute Gasteiger partial charge is 0.228 e. The minimum Gasteiger partial charge on any atom is -0.359 e. The number of carbonyl (C=O) groups is 1. The average Bonchev–Trinajstić information content (AvgIpc) is 2.76. The number of halogens is 3. The Morgan fingerprint density at radius 3 is 2.46 bits per heavy atom. The Morgan fingerprint density at radius 2 is 1.96 bits per heavy atom. The zero-order valence-corrected chi connectivity index (χ0v) is 17.2. The number of nitrogens with one attached hydrogen (secondary N) is 3. The molecule has 1 aliphatic heterocycles. The number of amides is 1. The maximum absolute atomic E-state index is 11.9. The van der Waals surface area contributed by atoms with Gasteiger partial charge in [-0.2, -0.15) is 0 Å². The quantitative estimate of drug-likeness (QED) is 0.244. The number of thiocarbonyl (C=S) groups is 1. The van der Waals surface area contributed by atoms with Crippen molar-refractivity contribution in [3.8, 4) is 0 Å². The van der Waals surface area contributed by atoms with E-state index in [9.17, 15) is 13.2 Å². The normalized spacial score (nSPS) is 21.1. The van der Waals surface area contributed by atoms with Gasteiger partial charge in [0.1, 0.15) is 6.17 Å². The lowest BCUT2D eigenvalue weighted by molar-refractivity contribution is -0.122. The van der Waals surface area contributed by atoms with Gasteiger partial charge < -0.3 is 16.0 Å². The summed E-state index contributed by atoms with van der Waals surface area (Å²) in [6.07, 6.45) is 2.46. The summed E-state index contributed by atoms with van der Waals surface area (Å²) in [6.45, 7) is 2.04. The molecule has 0 aromatic carbocycles. The van der Waals surface area contributed by atoms with E-state index < -0.39 is 19.8 Å². The fraction of sp³-hybridized carbons (Fsp3) is 0.846. The number of hydrogen-bond acceptors (Lipinski definition) is 4. The molecule has 0 aromatic heterocycles. The first-order valence-electron chi connectivity index (χ1n) is 7.67. The van der Waals surface area contributed by atoms with Crippen molar-refractivity contribution in [2.24, 2.45) is 0 Å². The number of unbranched alkanes of at least 4 members (excludes halogenated alkanes) is 2. The number of carbonyl (C=O) groups excluding carboxylic acids is 1. The topological polar surface area (TPSA) is 87.3 Å². The van der Waals surface area contributed by atoms with Crippen LogP contribution in [0.2, 0.25) is 0 Å². The minimum absolute atomic E-state index is 0.0105. The van der Waals surface area contributed by atoms with Crippen molar-refractivity contribution in [1.29, 1.82) is 0 Å². The van der Waals surface area contributed by atoms with Crippen LogP contribution in [0.1, 0.15) is 39.0 Å². The third-order valence-corrected chi connectivity index (χ3v) is 6.14. The number of rotatable bonds is 7. The van der Waals surface area contributed by atoms with Crippen LogP contribution in [-0.4, -0.2) is 46.9 Å². The number of alkyl halides is 3. The third-order valence-electron chi connectivity index (χ3n) is 3.48. The van der Waals surface area contributed by atoms with E-state index in [0.29, 0.717) is 12.8 Å². The first-order valence-corrected chi connectivity index (χ1v) is 11.0. The highest BCUT2D eigenvalue weighted by Crippen LogP contribution is 2.29. The lowest BCUT2D eigenvalue weighted by Gasteiger charge is -2.28. The number of hydrogen-bond donors (Lipinski definition) is 3. The first kappa shape index (κ1) is 22.0. The minimum atomic E-state index is -3.03. The zero-order valence-electron chi connectivity index (χ0n) is 13.3. The highest BCUT2D eigenvalue weighted by atomic mass is 35.6. The SMILES string of the molecule is CCCCCC(=O)N[C@H](NC(=S)N[C@@H]1CCS(=O)(=O)C1)C(Cl)(Cl)Cl. The van der Waals surface area contributed by atoms with Crippen molar-refractivity contribution >= 4 is 67.9 Å². The zero-order chi connectivity index (χ0) is 18.4. The van der Waals surface area contributed by atoms with Crippen molar-refractivity contribution in [3.05, 3.63) is 0 Å². The van der Waals surface area contributed by atoms with E-state index in [1.807, 2.05) is 6.92 Å². The van der Waals surface area contributed by atoms with Gasteiger partial charge in [-0.15, -0.1) is 0 Å². The maximum atomic E-state index is 11.9. The van der Waals surface area contributed by atoms with Gasteiger partial charge in [0.15, 0.2) is 14.9 Å². The third kappa shape index (κ3) is 8.38. The lowest BCUT2D eigenvalue weighted by atomic mass is 10.2. The van der Waals surface area contributed by atoms with Crippen LogP contribution in [0.3, 0.4) is 0 Å². The fourth-order valence-electron chi connectivity index (χ4n) is 2.24. The predicted octanol–water partition coefficient (Wildman–Crippen LogP) is 2.03. The van der Waals surface area contributed by atoms with Crippen LogP contribution in [0.25, 0.3) is 0 Å².